The van der Waals surface area contributed by atoms with Crippen LogP contribution in [0.5, 0.6) is 23.1 Å². The van der Waals surface area contributed by atoms with E-state index < -0.39 is 34.7 Å². The molecular weight excluding hydrogens is 745 g/mol. The maximum absolute atomic E-state index is 14.4. The van der Waals surface area contributed by atoms with Crippen LogP contribution in [-0.2, 0) is 13.6 Å². The van der Waals surface area contributed by atoms with E-state index in [-0.39, 0.29) is 42.1 Å². The van der Waals surface area contributed by atoms with Crippen molar-refractivity contribution in [1.29, 1.82) is 0 Å². The van der Waals surface area contributed by atoms with Crippen LogP contribution in [0.4, 0.5) is 29.3 Å². The van der Waals surface area contributed by atoms with Crippen LogP contribution >= 0.6 is 17.0 Å². The van der Waals surface area contributed by atoms with Crippen molar-refractivity contribution in [3.8, 4) is 23.1 Å². The molecule has 0 aliphatic carbocycles. The highest BCUT2D eigenvalue weighted by molar-refractivity contribution is 8.93. The second kappa shape index (κ2) is 15.1. The van der Waals surface area contributed by atoms with Crippen molar-refractivity contribution < 1.29 is 37.0 Å². The quantitative estimate of drug-likeness (QED) is 0.164. The van der Waals surface area contributed by atoms with E-state index in [1.165, 1.54) is 11.1 Å². The van der Waals surface area contributed by atoms with Gasteiger partial charge in [-0.1, -0.05) is 6.07 Å². The zero-order valence-electron chi connectivity index (χ0n) is 28.6. The van der Waals surface area contributed by atoms with Gasteiger partial charge in [-0.05, 0) is 61.9 Å². The molecule has 52 heavy (non-hydrogen) atoms. The Morgan fingerprint density at radius 2 is 1.71 bits per heavy atom. The fourth-order valence-corrected chi connectivity index (χ4v) is 6.28. The molecule has 0 bridgehead atoms. The first-order valence-electron chi connectivity index (χ1n) is 16.5. The van der Waals surface area contributed by atoms with Crippen LogP contribution in [0.25, 0.3) is 10.9 Å². The standard InChI is InChI=1S/C37H35F3N6O5.BrH/c1-4-46(37(48)42-28-18-27(38)22(2)34(39)35(28)40)25-6-10-33(41-19-25)51-26-7-8-29-24(16-26)17-30(43(29)3)36(47)45-13-11-44(12-14-45)20-23-5-9-31-32(15-23)50-21-49-31;/h5-10,15-19H,4,11-14,20-21H2,1-3H3,(H,42,48);1H. The average molecular weight is 782 g/mol. The Morgan fingerprint density at radius 1 is 0.942 bits per heavy atom. The lowest BCUT2D eigenvalue weighted by Crippen LogP contribution is -2.48. The summed E-state index contributed by atoms with van der Waals surface area (Å²) in [6.45, 7) is 6.68. The van der Waals surface area contributed by atoms with Gasteiger partial charge in [0.2, 0.25) is 12.7 Å². The number of nitrogens with zero attached hydrogens (tertiary/aromatic N) is 5. The van der Waals surface area contributed by atoms with E-state index in [9.17, 15) is 22.8 Å². The molecule has 2 aromatic heterocycles. The van der Waals surface area contributed by atoms with E-state index in [0.717, 1.165) is 60.6 Å². The first kappa shape index (κ1) is 36.5. The molecule has 3 amide bonds. The highest BCUT2D eigenvalue weighted by Gasteiger charge is 2.26. The molecule has 0 radical (unpaired) electrons. The van der Waals surface area contributed by atoms with Crippen molar-refractivity contribution in [2.24, 2.45) is 7.05 Å². The van der Waals surface area contributed by atoms with Crippen molar-refractivity contribution in [3.63, 3.8) is 0 Å². The zero-order valence-corrected chi connectivity index (χ0v) is 30.3. The Bertz CT molecular complexity index is 2140. The van der Waals surface area contributed by atoms with Crippen LogP contribution in [0.1, 0.15) is 28.5 Å². The van der Waals surface area contributed by atoms with Gasteiger partial charge in [0.15, 0.2) is 23.1 Å². The third kappa shape index (κ3) is 7.23. The Balaban J connectivity index is 0.00000464. The number of hydrogen-bond acceptors (Lipinski definition) is 7. The highest BCUT2D eigenvalue weighted by Crippen LogP contribution is 2.33. The van der Waals surface area contributed by atoms with Gasteiger partial charge in [0, 0.05) is 74.9 Å². The number of rotatable bonds is 8. The molecule has 2 aliphatic heterocycles. The summed E-state index contributed by atoms with van der Waals surface area (Å²) in [5, 5.41) is 3.05. The number of amides is 3. The number of aryl methyl sites for hydroxylation is 1. The number of carbonyl (C=O) groups excluding carboxylic acids is 2. The van der Waals surface area contributed by atoms with Crippen molar-refractivity contribution in [2.75, 3.05) is 49.7 Å². The predicted molar refractivity (Wildman–Crippen MR) is 194 cm³/mol. The first-order chi connectivity index (χ1) is 24.6. The van der Waals surface area contributed by atoms with Gasteiger partial charge in [0.05, 0.1) is 17.6 Å². The summed E-state index contributed by atoms with van der Waals surface area (Å²) in [6, 6.07) is 16.4. The smallest absolute Gasteiger partial charge is 0.326 e. The molecule has 0 spiro atoms. The second-order valence-electron chi connectivity index (χ2n) is 12.4. The molecule has 0 unspecified atom stereocenters. The number of halogens is 4. The topological polar surface area (TPSA) is 101 Å². The number of hydrogen-bond donors (Lipinski definition) is 1. The van der Waals surface area contributed by atoms with E-state index in [1.54, 1.807) is 25.1 Å². The molecule has 1 fully saturated rings. The van der Waals surface area contributed by atoms with Gasteiger partial charge in [-0.2, -0.15) is 0 Å². The number of benzene rings is 3. The summed E-state index contributed by atoms with van der Waals surface area (Å²) < 4.78 is 61.1. The predicted octanol–water partition coefficient (Wildman–Crippen LogP) is 7.41. The fourth-order valence-electron chi connectivity index (χ4n) is 6.28. The van der Waals surface area contributed by atoms with Crippen LogP contribution in [0.2, 0.25) is 0 Å². The van der Waals surface area contributed by atoms with Crippen LogP contribution in [0.3, 0.4) is 0 Å². The van der Waals surface area contributed by atoms with Crippen molar-refractivity contribution in [2.45, 2.75) is 20.4 Å². The summed E-state index contributed by atoms with van der Waals surface area (Å²) in [7, 11) is 1.86. The number of fused-ring (bicyclic) bond motifs is 2. The number of carbonyl (C=O) groups is 2. The number of pyridine rings is 1. The largest absolute Gasteiger partial charge is 0.454 e. The van der Waals surface area contributed by atoms with Crippen LogP contribution in [0.15, 0.2) is 66.9 Å². The van der Waals surface area contributed by atoms with E-state index in [4.69, 9.17) is 14.2 Å². The lowest BCUT2D eigenvalue weighted by atomic mass is 10.1. The first-order valence-corrected chi connectivity index (χ1v) is 16.5. The average Bonchev–Trinajstić information content (AvgIpc) is 3.74. The minimum absolute atomic E-state index is 0. The van der Waals surface area contributed by atoms with E-state index >= 15 is 0 Å². The Hall–Kier alpha value is -5.28. The summed E-state index contributed by atoms with van der Waals surface area (Å²) in [5.74, 6) is -1.47. The van der Waals surface area contributed by atoms with Crippen LogP contribution in [0, 0.1) is 24.4 Å². The molecule has 3 aromatic carbocycles. The number of piperazine rings is 1. The van der Waals surface area contributed by atoms with Crippen LogP contribution in [-0.4, -0.2) is 70.8 Å². The molecule has 4 heterocycles. The molecule has 5 aromatic rings. The zero-order chi connectivity index (χ0) is 35.8. The van der Waals surface area contributed by atoms with Gasteiger partial charge in [-0.25, -0.2) is 22.9 Å². The summed E-state index contributed by atoms with van der Waals surface area (Å²) >= 11 is 0. The Kier molecular flexibility index (Phi) is 10.6. The fraction of sp³-hybridized carbons (Fsp3) is 0.270. The van der Waals surface area contributed by atoms with Crippen molar-refractivity contribution >= 4 is 51.2 Å². The normalized spacial score (nSPS) is 13.9. The number of nitrogens with one attached hydrogen (secondary N) is 1. The maximum atomic E-state index is 14.4. The number of aromatic nitrogens is 2. The summed E-state index contributed by atoms with van der Waals surface area (Å²) in [4.78, 5) is 36.3. The van der Waals surface area contributed by atoms with Crippen molar-refractivity contribution in [1.82, 2.24) is 19.4 Å². The molecule has 2 aliphatic rings. The molecule has 7 rings (SSSR count). The van der Waals surface area contributed by atoms with Gasteiger partial charge in [0.25, 0.3) is 5.91 Å². The number of anilines is 2. The molecule has 15 heteroatoms. The van der Waals surface area contributed by atoms with Gasteiger partial charge in [-0.3, -0.25) is 14.6 Å². The van der Waals surface area contributed by atoms with Gasteiger partial charge in [0.1, 0.15) is 17.3 Å². The molecule has 1 saturated heterocycles. The lowest BCUT2D eigenvalue weighted by molar-refractivity contribution is 0.0619. The van der Waals surface area contributed by atoms with E-state index in [1.807, 2.05) is 52.9 Å². The van der Waals surface area contributed by atoms with Gasteiger partial charge < -0.3 is 29.0 Å². The van der Waals surface area contributed by atoms with E-state index in [2.05, 4.69) is 15.2 Å². The highest BCUT2D eigenvalue weighted by atomic mass is 79.9. The number of urea groups is 1. The Labute approximate surface area is 308 Å². The molecule has 1 N–H and O–H groups in total. The monoisotopic (exact) mass is 780 g/mol. The van der Waals surface area contributed by atoms with E-state index in [0.29, 0.717) is 30.2 Å². The summed E-state index contributed by atoms with van der Waals surface area (Å²) in [6.07, 6.45) is 1.40. The lowest BCUT2D eigenvalue weighted by Gasteiger charge is -2.34. The number of ether oxygens (including phenoxy) is 3. The molecule has 0 atom stereocenters. The molecule has 272 valence electrons. The van der Waals surface area contributed by atoms with Crippen LogP contribution < -0.4 is 24.4 Å². The molecular formula is C37H36BrF3N6O5. The SMILES string of the molecule is Br.CCN(C(=O)Nc1cc(F)c(C)c(F)c1F)c1ccc(Oc2ccc3c(c2)cc(C(=O)N2CCN(Cc4ccc5c(c4)OCO5)CC2)n3C)nc1. The third-order valence-electron chi connectivity index (χ3n) is 9.18. The van der Waals surface area contributed by atoms with Crippen molar-refractivity contribution in [3.05, 3.63) is 101 Å². The molecule has 11 nitrogen and oxygen atoms in total. The minimum Gasteiger partial charge on any atom is -0.454 e. The Morgan fingerprint density at radius 3 is 2.44 bits per heavy atom. The van der Waals surface area contributed by atoms with Gasteiger partial charge >= 0.3 is 6.03 Å². The van der Waals surface area contributed by atoms with Gasteiger partial charge in [-0.15, -0.1) is 17.0 Å². The minimum atomic E-state index is -1.36. The maximum Gasteiger partial charge on any atom is 0.326 e. The summed E-state index contributed by atoms with van der Waals surface area (Å²) in [5.41, 5.74) is 1.85. The second-order valence-corrected chi connectivity index (χ2v) is 12.4. The molecule has 0 saturated carbocycles. The third-order valence-corrected chi connectivity index (χ3v) is 9.18.